The van der Waals surface area contributed by atoms with Crippen LogP contribution in [0.4, 0.5) is 4.79 Å². The normalized spacial score (nSPS) is 15.2. The molecule has 0 radical (unpaired) electrons. The zero-order chi connectivity index (χ0) is 9.26. The molecule has 2 N–H and O–H groups in total. The first-order valence-corrected chi connectivity index (χ1v) is 4.23. The van der Waals surface area contributed by atoms with Gasteiger partial charge < -0.3 is 10.6 Å². The topological polar surface area (TPSA) is 59.2 Å². The highest BCUT2D eigenvalue weighted by atomic mass is 16.2. The first-order chi connectivity index (χ1) is 6.27. The molecule has 1 aromatic heterocycles. The molecule has 0 spiro atoms. The molecule has 4 nitrogen and oxygen atoms in total. The SMILES string of the molecule is NC(=O)N1CCc2cnccc2C1. The van der Waals surface area contributed by atoms with Crippen molar-refractivity contribution in [3.8, 4) is 0 Å². The molecule has 2 heterocycles. The van der Waals surface area contributed by atoms with E-state index >= 15 is 0 Å². The minimum Gasteiger partial charge on any atom is -0.351 e. The predicted octanol–water partition coefficient (Wildman–Crippen LogP) is 0.518. The molecule has 68 valence electrons. The maximum Gasteiger partial charge on any atom is 0.315 e. The lowest BCUT2D eigenvalue weighted by Crippen LogP contribution is -2.39. The quantitative estimate of drug-likeness (QED) is 0.628. The molecule has 2 amide bonds. The van der Waals surface area contributed by atoms with E-state index in [0.717, 1.165) is 12.0 Å². The maximum atomic E-state index is 10.9. The Morgan fingerprint density at radius 1 is 1.54 bits per heavy atom. The van der Waals surface area contributed by atoms with Crippen molar-refractivity contribution in [3.63, 3.8) is 0 Å². The van der Waals surface area contributed by atoms with E-state index in [2.05, 4.69) is 4.98 Å². The van der Waals surface area contributed by atoms with Gasteiger partial charge >= 0.3 is 6.03 Å². The Bertz CT molecular complexity index is 337. The van der Waals surface area contributed by atoms with Crippen LogP contribution < -0.4 is 5.73 Å². The van der Waals surface area contributed by atoms with E-state index in [9.17, 15) is 4.79 Å². The van der Waals surface area contributed by atoms with Crippen LogP contribution in [0.1, 0.15) is 11.1 Å². The number of rotatable bonds is 0. The fourth-order valence-electron chi connectivity index (χ4n) is 1.56. The molecule has 0 unspecified atom stereocenters. The van der Waals surface area contributed by atoms with Crippen LogP contribution in [0.2, 0.25) is 0 Å². The van der Waals surface area contributed by atoms with Crippen molar-refractivity contribution in [2.75, 3.05) is 6.54 Å². The third-order valence-corrected chi connectivity index (χ3v) is 2.33. The van der Waals surface area contributed by atoms with Crippen molar-refractivity contribution in [1.29, 1.82) is 0 Å². The van der Waals surface area contributed by atoms with Crippen molar-refractivity contribution in [3.05, 3.63) is 29.6 Å². The summed E-state index contributed by atoms with van der Waals surface area (Å²) in [5.41, 5.74) is 7.57. The number of hydrogen-bond donors (Lipinski definition) is 1. The van der Waals surface area contributed by atoms with E-state index in [1.807, 2.05) is 12.3 Å². The summed E-state index contributed by atoms with van der Waals surface area (Å²) < 4.78 is 0. The summed E-state index contributed by atoms with van der Waals surface area (Å²) in [5, 5.41) is 0. The zero-order valence-corrected chi connectivity index (χ0v) is 7.23. The number of fused-ring (bicyclic) bond motifs is 1. The van der Waals surface area contributed by atoms with E-state index in [1.165, 1.54) is 5.56 Å². The van der Waals surface area contributed by atoms with Gasteiger partial charge in [0.1, 0.15) is 0 Å². The molecule has 2 rings (SSSR count). The minimum absolute atomic E-state index is 0.345. The lowest BCUT2D eigenvalue weighted by Gasteiger charge is -2.26. The molecule has 0 saturated carbocycles. The van der Waals surface area contributed by atoms with Crippen LogP contribution in [0, 0.1) is 0 Å². The maximum absolute atomic E-state index is 10.9. The van der Waals surface area contributed by atoms with Gasteiger partial charge in [0.15, 0.2) is 0 Å². The molecule has 13 heavy (non-hydrogen) atoms. The second kappa shape index (κ2) is 3.05. The number of carbonyl (C=O) groups is 1. The minimum atomic E-state index is -0.345. The van der Waals surface area contributed by atoms with Crippen molar-refractivity contribution >= 4 is 6.03 Å². The molecule has 0 saturated heterocycles. The Balaban J connectivity index is 2.24. The number of aromatic nitrogens is 1. The molecule has 1 aromatic rings. The van der Waals surface area contributed by atoms with Crippen molar-refractivity contribution in [2.24, 2.45) is 5.73 Å². The van der Waals surface area contributed by atoms with Gasteiger partial charge in [-0.15, -0.1) is 0 Å². The average Bonchev–Trinajstić information content (AvgIpc) is 2.17. The van der Waals surface area contributed by atoms with Crippen LogP contribution in [0.3, 0.4) is 0 Å². The third-order valence-electron chi connectivity index (χ3n) is 2.33. The van der Waals surface area contributed by atoms with Gasteiger partial charge in [-0.3, -0.25) is 4.98 Å². The number of pyridine rings is 1. The van der Waals surface area contributed by atoms with Crippen LogP contribution in [-0.2, 0) is 13.0 Å². The van der Waals surface area contributed by atoms with Crippen molar-refractivity contribution < 1.29 is 4.79 Å². The first-order valence-electron chi connectivity index (χ1n) is 4.23. The highest BCUT2D eigenvalue weighted by Crippen LogP contribution is 2.16. The van der Waals surface area contributed by atoms with Gasteiger partial charge in [0.25, 0.3) is 0 Å². The first kappa shape index (κ1) is 8.04. The standard InChI is InChI=1S/C9H11N3O/c10-9(13)12-4-2-7-5-11-3-1-8(7)6-12/h1,3,5H,2,4,6H2,(H2,10,13). The van der Waals surface area contributed by atoms with Gasteiger partial charge in [0.05, 0.1) is 0 Å². The van der Waals surface area contributed by atoms with E-state index in [0.29, 0.717) is 13.1 Å². The van der Waals surface area contributed by atoms with Gasteiger partial charge in [-0.1, -0.05) is 0 Å². The predicted molar refractivity (Wildman–Crippen MR) is 47.9 cm³/mol. The number of urea groups is 1. The van der Waals surface area contributed by atoms with E-state index in [-0.39, 0.29) is 6.03 Å². The smallest absolute Gasteiger partial charge is 0.315 e. The summed E-state index contributed by atoms with van der Waals surface area (Å²) in [6.07, 6.45) is 4.45. The van der Waals surface area contributed by atoms with E-state index in [4.69, 9.17) is 5.73 Å². The molecule has 0 atom stereocenters. The van der Waals surface area contributed by atoms with Gasteiger partial charge in [0, 0.05) is 25.5 Å². The van der Waals surface area contributed by atoms with Crippen LogP contribution in [0.5, 0.6) is 0 Å². The molecular formula is C9H11N3O. The lowest BCUT2D eigenvalue weighted by atomic mass is 10.0. The summed E-state index contributed by atoms with van der Waals surface area (Å²) in [6, 6.07) is 1.59. The Kier molecular flexibility index (Phi) is 1.88. The van der Waals surface area contributed by atoms with Gasteiger partial charge in [-0.25, -0.2) is 4.79 Å². The van der Waals surface area contributed by atoms with Crippen LogP contribution >= 0.6 is 0 Å². The van der Waals surface area contributed by atoms with Crippen molar-refractivity contribution in [1.82, 2.24) is 9.88 Å². The van der Waals surface area contributed by atoms with E-state index < -0.39 is 0 Å². The number of nitrogens with zero attached hydrogens (tertiary/aromatic N) is 2. The second-order valence-corrected chi connectivity index (χ2v) is 3.15. The Morgan fingerprint density at radius 2 is 2.38 bits per heavy atom. The number of hydrogen-bond acceptors (Lipinski definition) is 2. The number of carbonyl (C=O) groups excluding carboxylic acids is 1. The summed E-state index contributed by atoms with van der Waals surface area (Å²) in [4.78, 5) is 16.6. The number of amides is 2. The molecule has 0 aromatic carbocycles. The highest BCUT2D eigenvalue weighted by molar-refractivity contribution is 5.72. The molecule has 0 aliphatic carbocycles. The largest absolute Gasteiger partial charge is 0.351 e. The average molecular weight is 177 g/mol. The highest BCUT2D eigenvalue weighted by Gasteiger charge is 2.17. The summed E-state index contributed by atoms with van der Waals surface area (Å²) in [5.74, 6) is 0. The molecule has 4 heteroatoms. The van der Waals surface area contributed by atoms with Crippen LogP contribution in [-0.4, -0.2) is 22.5 Å². The van der Waals surface area contributed by atoms with Crippen LogP contribution in [0.25, 0.3) is 0 Å². The fourth-order valence-corrected chi connectivity index (χ4v) is 1.56. The summed E-state index contributed by atoms with van der Waals surface area (Å²) in [6.45, 7) is 1.32. The molecule has 0 bridgehead atoms. The van der Waals surface area contributed by atoms with Crippen molar-refractivity contribution in [2.45, 2.75) is 13.0 Å². The van der Waals surface area contributed by atoms with Gasteiger partial charge in [-0.2, -0.15) is 0 Å². The Labute approximate surface area is 76.4 Å². The second-order valence-electron chi connectivity index (χ2n) is 3.15. The lowest BCUT2D eigenvalue weighted by molar-refractivity contribution is 0.202. The summed E-state index contributed by atoms with van der Waals surface area (Å²) in [7, 11) is 0. The monoisotopic (exact) mass is 177 g/mol. The molecule has 1 aliphatic rings. The molecule has 1 aliphatic heterocycles. The Morgan fingerprint density at radius 3 is 3.15 bits per heavy atom. The zero-order valence-electron chi connectivity index (χ0n) is 7.23. The third kappa shape index (κ3) is 1.47. The van der Waals surface area contributed by atoms with Gasteiger partial charge in [0.2, 0.25) is 0 Å². The fraction of sp³-hybridized carbons (Fsp3) is 0.333. The van der Waals surface area contributed by atoms with Crippen LogP contribution in [0.15, 0.2) is 18.5 Å². The summed E-state index contributed by atoms with van der Waals surface area (Å²) >= 11 is 0. The molecular weight excluding hydrogens is 166 g/mol. The Hall–Kier alpha value is -1.58. The number of nitrogens with two attached hydrogens (primary N) is 1. The number of primary amides is 1. The van der Waals surface area contributed by atoms with Gasteiger partial charge in [-0.05, 0) is 23.6 Å². The van der Waals surface area contributed by atoms with E-state index in [1.54, 1.807) is 11.1 Å². The molecule has 0 fully saturated rings.